The fourth-order valence-corrected chi connectivity index (χ4v) is 1.60. The molecule has 0 saturated carbocycles. The van der Waals surface area contributed by atoms with Gasteiger partial charge in [-0.15, -0.1) is 11.6 Å². The second kappa shape index (κ2) is 9.89. The Balaban J connectivity index is 2.18. The number of alkyl halides is 1. The maximum atomic E-state index is 11.6. The minimum atomic E-state index is -0.585. The number of nitrogens with one attached hydrogen (secondary N) is 2. The van der Waals surface area contributed by atoms with Crippen LogP contribution in [0, 0.1) is 0 Å². The molecule has 1 atom stereocenters. The SMILES string of the molecule is CCOc1ccc(OCC(=O)NCCNC(=O)C(C)Cl)cc1. The predicted molar refractivity (Wildman–Crippen MR) is 84.4 cm³/mol. The lowest BCUT2D eigenvalue weighted by atomic mass is 10.3. The van der Waals surface area contributed by atoms with E-state index in [1.165, 1.54) is 0 Å². The van der Waals surface area contributed by atoms with Crippen LogP contribution in [-0.2, 0) is 9.59 Å². The van der Waals surface area contributed by atoms with Gasteiger partial charge in [0.25, 0.3) is 5.91 Å². The average Bonchev–Trinajstić information content (AvgIpc) is 2.50. The molecule has 0 bridgehead atoms. The van der Waals surface area contributed by atoms with Gasteiger partial charge >= 0.3 is 0 Å². The zero-order chi connectivity index (χ0) is 16.4. The van der Waals surface area contributed by atoms with E-state index in [2.05, 4.69) is 10.6 Å². The Morgan fingerprint density at radius 3 is 2.18 bits per heavy atom. The molecular weight excluding hydrogens is 308 g/mol. The number of carbonyl (C=O) groups excluding carboxylic acids is 2. The van der Waals surface area contributed by atoms with Crippen molar-refractivity contribution in [1.29, 1.82) is 0 Å². The van der Waals surface area contributed by atoms with Gasteiger partial charge in [-0.1, -0.05) is 0 Å². The largest absolute Gasteiger partial charge is 0.494 e. The van der Waals surface area contributed by atoms with E-state index >= 15 is 0 Å². The normalized spacial score (nSPS) is 11.4. The number of hydrogen-bond acceptors (Lipinski definition) is 4. The molecule has 1 aromatic carbocycles. The van der Waals surface area contributed by atoms with Crippen molar-refractivity contribution >= 4 is 23.4 Å². The van der Waals surface area contributed by atoms with Gasteiger partial charge < -0.3 is 20.1 Å². The molecule has 2 amide bonds. The standard InChI is InChI=1S/C15H21ClN2O4/c1-3-21-12-4-6-13(7-5-12)22-10-14(19)17-8-9-18-15(20)11(2)16/h4-7,11H,3,8-10H2,1-2H3,(H,17,19)(H,18,20). The molecule has 22 heavy (non-hydrogen) atoms. The molecule has 122 valence electrons. The molecule has 0 saturated heterocycles. The Bertz CT molecular complexity index is 477. The maximum Gasteiger partial charge on any atom is 0.258 e. The van der Waals surface area contributed by atoms with Crippen LogP contribution in [0.15, 0.2) is 24.3 Å². The summed E-state index contributed by atoms with van der Waals surface area (Å²) in [6, 6.07) is 7.03. The van der Waals surface area contributed by atoms with Crippen LogP contribution in [-0.4, -0.2) is 43.5 Å². The molecule has 0 spiro atoms. The summed E-state index contributed by atoms with van der Waals surface area (Å²) in [6.45, 7) is 4.64. The van der Waals surface area contributed by atoms with Crippen molar-refractivity contribution in [2.24, 2.45) is 0 Å². The molecule has 1 unspecified atom stereocenters. The molecule has 0 aliphatic rings. The third kappa shape index (κ3) is 7.17. The second-order valence-electron chi connectivity index (χ2n) is 4.45. The summed E-state index contributed by atoms with van der Waals surface area (Å²) in [5, 5.41) is 4.64. The van der Waals surface area contributed by atoms with Gasteiger partial charge in [-0.2, -0.15) is 0 Å². The molecule has 1 rings (SSSR count). The van der Waals surface area contributed by atoms with Gasteiger partial charge in [0.1, 0.15) is 16.9 Å². The summed E-state index contributed by atoms with van der Waals surface area (Å²) in [4.78, 5) is 22.7. The highest BCUT2D eigenvalue weighted by molar-refractivity contribution is 6.30. The van der Waals surface area contributed by atoms with Gasteiger partial charge in [-0.3, -0.25) is 9.59 Å². The van der Waals surface area contributed by atoms with Gasteiger partial charge in [-0.25, -0.2) is 0 Å². The fourth-order valence-electron chi connectivity index (χ4n) is 1.53. The zero-order valence-corrected chi connectivity index (χ0v) is 13.5. The Morgan fingerprint density at radius 1 is 1.09 bits per heavy atom. The summed E-state index contributed by atoms with van der Waals surface area (Å²) < 4.78 is 10.7. The molecule has 0 fully saturated rings. The summed E-state index contributed by atoms with van der Waals surface area (Å²) in [5.74, 6) is 0.815. The van der Waals surface area contributed by atoms with Crippen molar-refractivity contribution in [2.75, 3.05) is 26.3 Å². The van der Waals surface area contributed by atoms with E-state index in [1.807, 2.05) is 6.92 Å². The number of hydrogen-bond donors (Lipinski definition) is 2. The van der Waals surface area contributed by atoms with Crippen molar-refractivity contribution in [2.45, 2.75) is 19.2 Å². The van der Waals surface area contributed by atoms with E-state index in [9.17, 15) is 9.59 Å². The lowest BCUT2D eigenvalue weighted by molar-refractivity contribution is -0.124. The molecule has 2 N–H and O–H groups in total. The smallest absolute Gasteiger partial charge is 0.258 e. The van der Waals surface area contributed by atoms with Crippen molar-refractivity contribution in [1.82, 2.24) is 10.6 Å². The number of amides is 2. The van der Waals surface area contributed by atoms with Crippen LogP contribution in [0.4, 0.5) is 0 Å². The number of carbonyl (C=O) groups is 2. The van der Waals surface area contributed by atoms with Crippen LogP contribution in [0.1, 0.15) is 13.8 Å². The van der Waals surface area contributed by atoms with E-state index < -0.39 is 5.38 Å². The third-order valence-electron chi connectivity index (χ3n) is 2.61. The van der Waals surface area contributed by atoms with Crippen molar-refractivity contribution in [3.63, 3.8) is 0 Å². The maximum absolute atomic E-state index is 11.6. The zero-order valence-electron chi connectivity index (χ0n) is 12.7. The Labute approximate surface area is 135 Å². The van der Waals surface area contributed by atoms with E-state index in [0.717, 1.165) is 5.75 Å². The van der Waals surface area contributed by atoms with Gasteiger partial charge in [0.2, 0.25) is 5.91 Å². The quantitative estimate of drug-likeness (QED) is 0.529. The first-order valence-electron chi connectivity index (χ1n) is 7.07. The predicted octanol–water partition coefficient (Wildman–Crippen LogP) is 1.32. The topological polar surface area (TPSA) is 76.7 Å². The first kappa shape index (κ1) is 18.1. The minimum Gasteiger partial charge on any atom is -0.494 e. The fraction of sp³-hybridized carbons (Fsp3) is 0.467. The summed E-state index contributed by atoms with van der Waals surface area (Å²) in [7, 11) is 0. The molecule has 0 aromatic heterocycles. The molecular formula is C15H21ClN2O4. The molecule has 0 radical (unpaired) electrons. The molecule has 0 aliphatic heterocycles. The summed E-state index contributed by atoms with van der Waals surface area (Å²) >= 11 is 5.59. The van der Waals surface area contributed by atoms with E-state index in [0.29, 0.717) is 25.4 Å². The van der Waals surface area contributed by atoms with Gasteiger partial charge in [0.05, 0.1) is 6.61 Å². The lowest BCUT2D eigenvalue weighted by Gasteiger charge is -2.09. The lowest BCUT2D eigenvalue weighted by Crippen LogP contribution is -2.38. The van der Waals surface area contributed by atoms with Crippen molar-refractivity contribution in [3.05, 3.63) is 24.3 Å². The molecule has 0 heterocycles. The van der Waals surface area contributed by atoms with Gasteiger partial charge in [-0.05, 0) is 38.1 Å². The molecule has 1 aromatic rings. The average molecular weight is 329 g/mol. The first-order chi connectivity index (χ1) is 10.5. The molecule has 6 nitrogen and oxygen atoms in total. The van der Waals surface area contributed by atoms with Crippen LogP contribution in [0.5, 0.6) is 11.5 Å². The van der Waals surface area contributed by atoms with Crippen LogP contribution in [0.3, 0.4) is 0 Å². The van der Waals surface area contributed by atoms with Crippen LogP contribution < -0.4 is 20.1 Å². The van der Waals surface area contributed by atoms with E-state index in [-0.39, 0.29) is 18.4 Å². The summed E-state index contributed by atoms with van der Waals surface area (Å²) in [5.41, 5.74) is 0. The van der Waals surface area contributed by atoms with E-state index in [1.54, 1.807) is 31.2 Å². The highest BCUT2D eigenvalue weighted by Crippen LogP contribution is 2.17. The number of rotatable bonds is 9. The van der Waals surface area contributed by atoms with Crippen LogP contribution >= 0.6 is 11.6 Å². The second-order valence-corrected chi connectivity index (χ2v) is 5.10. The Morgan fingerprint density at radius 2 is 1.64 bits per heavy atom. The molecule has 0 aliphatic carbocycles. The van der Waals surface area contributed by atoms with Crippen LogP contribution in [0.2, 0.25) is 0 Å². The Kier molecular flexibility index (Phi) is 8.14. The van der Waals surface area contributed by atoms with Crippen molar-refractivity contribution < 1.29 is 19.1 Å². The Hall–Kier alpha value is -1.95. The molecule has 7 heteroatoms. The van der Waals surface area contributed by atoms with E-state index in [4.69, 9.17) is 21.1 Å². The third-order valence-corrected chi connectivity index (χ3v) is 2.81. The number of ether oxygens (including phenoxy) is 2. The van der Waals surface area contributed by atoms with Gasteiger partial charge in [0, 0.05) is 13.1 Å². The minimum absolute atomic E-state index is 0.0894. The van der Waals surface area contributed by atoms with Crippen LogP contribution in [0.25, 0.3) is 0 Å². The van der Waals surface area contributed by atoms with Gasteiger partial charge in [0.15, 0.2) is 6.61 Å². The van der Waals surface area contributed by atoms with Crippen molar-refractivity contribution in [3.8, 4) is 11.5 Å². The first-order valence-corrected chi connectivity index (χ1v) is 7.50. The monoisotopic (exact) mass is 328 g/mol. The highest BCUT2D eigenvalue weighted by atomic mass is 35.5. The highest BCUT2D eigenvalue weighted by Gasteiger charge is 2.08. The number of halogens is 1. The summed E-state index contributed by atoms with van der Waals surface area (Å²) in [6.07, 6.45) is 0. The number of benzene rings is 1.